The van der Waals surface area contributed by atoms with Crippen LogP contribution in [0, 0.1) is 5.92 Å². The molecule has 0 aromatic rings. The minimum absolute atomic E-state index is 0.0422. The third-order valence-electron chi connectivity index (χ3n) is 2.66. The topological polar surface area (TPSA) is 33.6 Å². The van der Waals surface area contributed by atoms with Crippen molar-refractivity contribution in [1.82, 2.24) is 5.32 Å². The van der Waals surface area contributed by atoms with E-state index in [0.29, 0.717) is 18.6 Å². The molecule has 1 aliphatic rings. The molecule has 4 heteroatoms. The molecule has 0 radical (unpaired) electrons. The Morgan fingerprint density at radius 1 is 1.56 bits per heavy atom. The third kappa shape index (κ3) is 4.34. The van der Waals surface area contributed by atoms with Crippen molar-refractivity contribution in [2.24, 2.45) is 10.9 Å². The first-order valence-corrected chi connectivity index (χ1v) is 6.91. The molecule has 94 valence electrons. The number of ether oxygens (including phenoxy) is 1. The number of hydrogen-bond acceptors (Lipinski definition) is 4. The van der Waals surface area contributed by atoms with E-state index in [0.717, 1.165) is 10.9 Å². The van der Waals surface area contributed by atoms with Crippen molar-refractivity contribution in [3.05, 3.63) is 0 Å². The van der Waals surface area contributed by atoms with Gasteiger partial charge in [-0.1, -0.05) is 25.6 Å². The van der Waals surface area contributed by atoms with Crippen molar-refractivity contribution in [2.75, 3.05) is 19.5 Å². The molecule has 0 amide bonds. The normalized spacial score (nSPS) is 22.1. The lowest BCUT2D eigenvalue weighted by Gasteiger charge is -2.30. The van der Waals surface area contributed by atoms with Crippen LogP contribution in [0.3, 0.4) is 0 Å². The average molecular weight is 244 g/mol. The molecule has 1 rings (SSSR count). The maximum Gasteiger partial charge on any atom is 0.157 e. The van der Waals surface area contributed by atoms with Crippen LogP contribution < -0.4 is 5.32 Å². The lowest BCUT2D eigenvalue weighted by Crippen LogP contribution is -2.47. The zero-order valence-electron chi connectivity index (χ0n) is 11.0. The molecule has 1 heterocycles. The molecule has 1 N–H and O–H groups in total. The average Bonchev–Trinajstić information content (AvgIpc) is 2.17. The second-order valence-corrected chi connectivity index (χ2v) is 6.41. The van der Waals surface area contributed by atoms with Gasteiger partial charge in [0.1, 0.15) is 0 Å². The zero-order chi connectivity index (χ0) is 12.2. The van der Waals surface area contributed by atoms with E-state index in [9.17, 15) is 0 Å². The first kappa shape index (κ1) is 13.8. The molecule has 16 heavy (non-hydrogen) atoms. The Morgan fingerprint density at radius 3 is 2.81 bits per heavy atom. The van der Waals surface area contributed by atoms with Crippen LogP contribution >= 0.6 is 11.8 Å². The van der Waals surface area contributed by atoms with Gasteiger partial charge >= 0.3 is 0 Å². The van der Waals surface area contributed by atoms with Crippen LogP contribution in [-0.4, -0.2) is 36.2 Å². The van der Waals surface area contributed by atoms with Crippen LogP contribution in [0.5, 0.6) is 0 Å². The lowest BCUT2D eigenvalue weighted by atomic mass is 10.0. The molecule has 1 atom stereocenters. The Bertz CT molecular complexity index is 251. The van der Waals surface area contributed by atoms with Crippen LogP contribution in [0.2, 0.25) is 0 Å². The Hall–Kier alpha value is -0.220. The summed E-state index contributed by atoms with van der Waals surface area (Å²) in [6, 6.07) is 0.474. The predicted molar refractivity (Wildman–Crippen MR) is 72.2 cm³/mol. The summed E-state index contributed by atoms with van der Waals surface area (Å²) in [5, 5.41) is 4.54. The summed E-state index contributed by atoms with van der Waals surface area (Å²) in [5.74, 6) is 1.79. The maximum absolute atomic E-state index is 5.20. The van der Waals surface area contributed by atoms with Gasteiger partial charge in [0.05, 0.1) is 18.2 Å². The van der Waals surface area contributed by atoms with E-state index in [4.69, 9.17) is 9.73 Å². The molecule has 0 saturated heterocycles. The number of hydrogen-bond donors (Lipinski definition) is 1. The second kappa shape index (κ2) is 5.92. The van der Waals surface area contributed by atoms with Gasteiger partial charge < -0.3 is 10.1 Å². The van der Waals surface area contributed by atoms with E-state index in [1.54, 1.807) is 7.11 Å². The highest BCUT2D eigenvalue weighted by atomic mass is 32.2. The molecule has 0 bridgehead atoms. The van der Waals surface area contributed by atoms with Crippen LogP contribution in [0.1, 0.15) is 34.1 Å². The molecule has 0 aliphatic carbocycles. The standard InChI is InChI=1S/C12H24N2OS/c1-9(2)10-6-7-16-11(13-10)14-12(3,4)8-15-5/h9-10H,6-8H2,1-5H3,(H,13,14). The van der Waals surface area contributed by atoms with E-state index in [-0.39, 0.29) is 5.54 Å². The molecule has 0 spiro atoms. The second-order valence-electron chi connectivity index (χ2n) is 5.32. The summed E-state index contributed by atoms with van der Waals surface area (Å²) < 4.78 is 5.20. The fraction of sp³-hybridized carbons (Fsp3) is 0.917. The van der Waals surface area contributed by atoms with Crippen molar-refractivity contribution in [1.29, 1.82) is 0 Å². The van der Waals surface area contributed by atoms with Crippen molar-refractivity contribution < 1.29 is 4.74 Å². The predicted octanol–water partition coefficient (Wildman–Crippen LogP) is 2.52. The molecule has 1 aliphatic heterocycles. The Balaban J connectivity index is 2.59. The Labute approximate surface area is 103 Å². The minimum Gasteiger partial charge on any atom is -0.382 e. The minimum atomic E-state index is -0.0422. The summed E-state index contributed by atoms with van der Waals surface area (Å²) in [4.78, 5) is 4.76. The van der Waals surface area contributed by atoms with Crippen molar-refractivity contribution in [2.45, 2.75) is 45.7 Å². The van der Waals surface area contributed by atoms with E-state index >= 15 is 0 Å². The van der Waals surface area contributed by atoms with Gasteiger partial charge in [-0.25, -0.2) is 0 Å². The molecule has 0 saturated carbocycles. The highest BCUT2D eigenvalue weighted by Crippen LogP contribution is 2.22. The molecule has 0 fully saturated rings. The highest BCUT2D eigenvalue weighted by molar-refractivity contribution is 8.13. The molecular weight excluding hydrogens is 220 g/mol. The van der Waals surface area contributed by atoms with Crippen molar-refractivity contribution in [3.8, 4) is 0 Å². The van der Waals surface area contributed by atoms with Crippen LogP contribution in [-0.2, 0) is 4.74 Å². The monoisotopic (exact) mass is 244 g/mol. The van der Waals surface area contributed by atoms with Gasteiger partial charge in [0.15, 0.2) is 5.17 Å². The zero-order valence-corrected chi connectivity index (χ0v) is 11.9. The SMILES string of the molecule is COCC(C)(C)NC1=NC(C(C)C)CCS1. The molecule has 0 aromatic heterocycles. The number of amidine groups is 1. The summed E-state index contributed by atoms with van der Waals surface area (Å²) in [6.45, 7) is 9.44. The number of nitrogens with one attached hydrogen (secondary N) is 1. The first-order valence-electron chi connectivity index (χ1n) is 5.92. The number of thioether (sulfide) groups is 1. The molecule has 3 nitrogen and oxygen atoms in total. The van der Waals surface area contributed by atoms with Gasteiger partial charge in [-0.05, 0) is 26.2 Å². The van der Waals surface area contributed by atoms with E-state index in [1.807, 2.05) is 11.8 Å². The van der Waals surface area contributed by atoms with E-state index in [1.165, 1.54) is 6.42 Å². The number of aliphatic imine (C=N–C) groups is 1. The molecule has 1 unspecified atom stereocenters. The van der Waals surface area contributed by atoms with E-state index in [2.05, 4.69) is 33.0 Å². The molecule has 0 aromatic carbocycles. The summed E-state index contributed by atoms with van der Waals surface area (Å²) in [5.41, 5.74) is -0.0422. The highest BCUT2D eigenvalue weighted by Gasteiger charge is 2.23. The fourth-order valence-corrected chi connectivity index (χ4v) is 2.88. The summed E-state index contributed by atoms with van der Waals surface area (Å²) in [7, 11) is 1.73. The van der Waals surface area contributed by atoms with Gasteiger partial charge in [0.2, 0.25) is 0 Å². The van der Waals surface area contributed by atoms with Crippen LogP contribution in [0.25, 0.3) is 0 Å². The fourth-order valence-electron chi connectivity index (χ4n) is 1.77. The van der Waals surface area contributed by atoms with Crippen LogP contribution in [0.4, 0.5) is 0 Å². The number of rotatable bonds is 4. The van der Waals surface area contributed by atoms with Crippen LogP contribution in [0.15, 0.2) is 4.99 Å². The van der Waals surface area contributed by atoms with Gasteiger partial charge in [-0.2, -0.15) is 0 Å². The van der Waals surface area contributed by atoms with Gasteiger partial charge in [-0.3, -0.25) is 4.99 Å². The quantitative estimate of drug-likeness (QED) is 0.825. The molecular formula is C12H24N2OS. The third-order valence-corrected chi connectivity index (χ3v) is 3.58. The summed E-state index contributed by atoms with van der Waals surface area (Å²) >= 11 is 1.82. The first-order chi connectivity index (χ1) is 7.44. The van der Waals surface area contributed by atoms with Gasteiger partial charge in [-0.15, -0.1) is 0 Å². The largest absolute Gasteiger partial charge is 0.382 e. The Morgan fingerprint density at radius 2 is 2.25 bits per heavy atom. The van der Waals surface area contributed by atoms with Crippen molar-refractivity contribution in [3.63, 3.8) is 0 Å². The lowest BCUT2D eigenvalue weighted by molar-refractivity contribution is 0.140. The van der Waals surface area contributed by atoms with Gasteiger partial charge in [0.25, 0.3) is 0 Å². The summed E-state index contributed by atoms with van der Waals surface area (Å²) in [6.07, 6.45) is 1.19. The smallest absolute Gasteiger partial charge is 0.157 e. The van der Waals surface area contributed by atoms with Crippen molar-refractivity contribution >= 4 is 16.9 Å². The maximum atomic E-state index is 5.20. The number of nitrogens with zero attached hydrogens (tertiary/aromatic N) is 1. The van der Waals surface area contributed by atoms with Gasteiger partial charge in [0, 0.05) is 12.9 Å². The number of methoxy groups -OCH3 is 1. The Kier molecular flexibility index (Phi) is 5.12. The van der Waals surface area contributed by atoms with E-state index < -0.39 is 0 Å².